The molecule has 4 nitrogen and oxygen atoms in total. The van der Waals surface area contributed by atoms with Crippen LogP contribution in [0.4, 0.5) is 0 Å². The molecule has 5 heteroatoms. The van der Waals surface area contributed by atoms with Gasteiger partial charge >= 0.3 is 0 Å². The first-order valence-corrected chi connectivity index (χ1v) is 9.97. The first-order valence-electron chi connectivity index (χ1n) is 8.42. The molecule has 0 bridgehead atoms. The summed E-state index contributed by atoms with van der Waals surface area (Å²) in [4.78, 5) is 0.167. The van der Waals surface area contributed by atoms with Gasteiger partial charge in [0, 0.05) is 6.04 Å². The lowest BCUT2D eigenvalue weighted by Crippen LogP contribution is -2.28. The normalized spacial score (nSPS) is 21.0. The Bertz CT molecular complexity index is 758. The Morgan fingerprint density at radius 1 is 1.00 bits per heavy atom. The van der Waals surface area contributed by atoms with Gasteiger partial charge < -0.3 is 5.32 Å². The van der Waals surface area contributed by atoms with Gasteiger partial charge in [-0.25, -0.2) is 13.6 Å². The third-order valence-corrected chi connectivity index (χ3v) is 5.73. The van der Waals surface area contributed by atoms with E-state index in [2.05, 4.69) is 35.6 Å². The highest BCUT2D eigenvalue weighted by atomic mass is 32.2. The highest BCUT2D eigenvalue weighted by molar-refractivity contribution is 7.89. The predicted octanol–water partition coefficient (Wildman–Crippen LogP) is 2.80. The maximum absolute atomic E-state index is 11.2. The van der Waals surface area contributed by atoms with Crippen LogP contribution in [0, 0.1) is 0 Å². The van der Waals surface area contributed by atoms with Crippen molar-refractivity contribution in [2.24, 2.45) is 5.14 Å². The molecule has 0 heterocycles. The van der Waals surface area contributed by atoms with Crippen LogP contribution in [0.2, 0.25) is 0 Å². The number of rotatable bonds is 6. The highest BCUT2D eigenvalue weighted by Crippen LogP contribution is 2.34. The van der Waals surface area contributed by atoms with Gasteiger partial charge in [-0.05, 0) is 61.4 Å². The van der Waals surface area contributed by atoms with Crippen molar-refractivity contribution in [3.8, 4) is 0 Å². The summed E-state index contributed by atoms with van der Waals surface area (Å²) in [6, 6.07) is 18.1. The first-order chi connectivity index (χ1) is 11.5. The zero-order valence-electron chi connectivity index (χ0n) is 13.7. The molecule has 3 rings (SSSR count). The molecular weight excluding hydrogens is 320 g/mol. The Morgan fingerprint density at radius 3 is 2.38 bits per heavy atom. The van der Waals surface area contributed by atoms with Gasteiger partial charge in [0.25, 0.3) is 0 Å². The number of sulfonamides is 1. The number of hydrogen-bond acceptors (Lipinski definition) is 3. The summed E-state index contributed by atoms with van der Waals surface area (Å²) in [5.41, 5.74) is 2.56. The number of benzene rings is 2. The summed E-state index contributed by atoms with van der Waals surface area (Å²) in [6.45, 7) is 0.904. The average Bonchev–Trinajstić information content (AvgIpc) is 3.04. The van der Waals surface area contributed by atoms with Crippen molar-refractivity contribution in [2.75, 3.05) is 6.54 Å². The van der Waals surface area contributed by atoms with E-state index in [0.717, 1.165) is 18.5 Å². The van der Waals surface area contributed by atoms with Crippen molar-refractivity contribution in [3.63, 3.8) is 0 Å². The number of primary sulfonamides is 1. The number of nitrogens with two attached hydrogens (primary N) is 1. The Kier molecular flexibility index (Phi) is 5.33. The van der Waals surface area contributed by atoms with E-state index in [1.54, 1.807) is 12.1 Å². The molecule has 2 atom stereocenters. The van der Waals surface area contributed by atoms with Crippen molar-refractivity contribution in [2.45, 2.75) is 42.5 Å². The van der Waals surface area contributed by atoms with E-state index in [1.807, 2.05) is 12.1 Å². The van der Waals surface area contributed by atoms with Gasteiger partial charge in [0.15, 0.2) is 0 Å². The van der Waals surface area contributed by atoms with E-state index >= 15 is 0 Å². The van der Waals surface area contributed by atoms with Crippen LogP contribution in [0.3, 0.4) is 0 Å². The number of nitrogens with one attached hydrogen (secondary N) is 1. The second-order valence-corrected chi connectivity index (χ2v) is 8.07. The van der Waals surface area contributed by atoms with Gasteiger partial charge in [-0.3, -0.25) is 0 Å². The zero-order chi connectivity index (χ0) is 17.0. The second kappa shape index (κ2) is 7.47. The van der Waals surface area contributed by atoms with Crippen LogP contribution in [0.5, 0.6) is 0 Å². The summed E-state index contributed by atoms with van der Waals surface area (Å²) in [5.74, 6) is 0.665. The van der Waals surface area contributed by atoms with Crippen LogP contribution in [-0.4, -0.2) is 21.0 Å². The molecule has 0 amide bonds. The third-order valence-electron chi connectivity index (χ3n) is 4.80. The lowest BCUT2D eigenvalue weighted by Gasteiger charge is -2.14. The van der Waals surface area contributed by atoms with Gasteiger partial charge in [0.1, 0.15) is 0 Å². The summed E-state index contributed by atoms with van der Waals surface area (Å²) in [5, 5.41) is 8.74. The lowest BCUT2D eigenvalue weighted by molar-refractivity contribution is 0.521. The van der Waals surface area contributed by atoms with Crippen LogP contribution in [0.1, 0.15) is 36.3 Å². The summed E-state index contributed by atoms with van der Waals surface area (Å²) in [7, 11) is -3.60. The molecule has 128 valence electrons. The van der Waals surface area contributed by atoms with E-state index < -0.39 is 10.0 Å². The molecule has 1 fully saturated rings. The van der Waals surface area contributed by atoms with Crippen LogP contribution < -0.4 is 10.5 Å². The molecule has 0 unspecified atom stereocenters. The largest absolute Gasteiger partial charge is 0.314 e. The van der Waals surface area contributed by atoms with Crippen LogP contribution in [0.15, 0.2) is 59.5 Å². The molecule has 1 saturated carbocycles. The quantitative estimate of drug-likeness (QED) is 0.846. The van der Waals surface area contributed by atoms with Gasteiger partial charge in [-0.2, -0.15) is 0 Å². The third kappa shape index (κ3) is 4.44. The summed E-state index contributed by atoms with van der Waals surface area (Å²) in [6.07, 6.45) is 4.53. The second-order valence-electron chi connectivity index (χ2n) is 6.51. The molecule has 0 spiro atoms. The average molecular weight is 344 g/mol. The minimum absolute atomic E-state index is 0.167. The fraction of sp³-hybridized carbons (Fsp3) is 0.368. The first kappa shape index (κ1) is 17.1. The van der Waals surface area contributed by atoms with Crippen molar-refractivity contribution >= 4 is 10.0 Å². The van der Waals surface area contributed by atoms with Gasteiger partial charge in [0.2, 0.25) is 10.0 Å². The zero-order valence-corrected chi connectivity index (χ0v) is 14.5. The fourth-order valence-corrected chi connectivity index (χ4v) is 3.98. The van der Waals surface area contributed by atoms with Gasteiger partial charge in [-0.1, -0.05) is 42.5 Å². The highest BCUT2D eigenvalue weighted by Gasteiger charge is 2.25. The van der Waals surface area contributed by atoms with Crippen LogP contribution >= 0.6 is 0 Å². The minimum Gasteiger partial charge on any atom is -0.314 e. The van der Waals surface area contributed by atoms with Crippen LogP contribution in [-0.2, 0) is 16.4 Å². The van der Waals surface area contributed by atoms with Crippen molar-refractivity contribution in [1.82, 2.24) is 5.32 Å². The SMILES string of the molecule is NS(=O)(=O)c1ccc(CCN[C@@H]2CC[C@H](c3ccccc3)C2)cc1. The van der Waals surface area contributed by atoms with Crippen molar-refractivity contribution in [1.29, 1.82) is 0 Å². The van der Waals surface area contributed by atoms with E-state index in [1.165, 1.54) is 24.8 Å². The molecule has 0 aromatic heterocycles. The standard InChI is InChI=1S/C19H24N2O2S/c20-24(22,23)19-10-6-15(7-11-19)12-13-21-18-9-8-17(14-18)16-4-2-1-3-5-16/h1-7,10-11,17-18,21H,8-9,12-14H2,(H2,20,22,23)/t17-,18+/m0/s1. The molecule has 24 heavy (non-hydrogen) atoms. The smallest absolute Gasteiger partial charge is 0.238 e. The molecule has 1 aliphatic rings. The molecule has 0 radical (unpaired) electrons. The Labute approximate surface area is 144 Å². The monoisotopic (exact) mass is 344 g/mol. The molecule has 0 aliphatic heterocycles. The number of hydrogen-bond donors (Lipinski definition) is 2. The topological polar surface area (TPSA) is 72.2 Å². The molecule has 0 saturated heterocycles. The van der Waals surface area contributed by atoms with Crippen LogP contribution in [0.25, 0.3) is 0 Å². The Hall–Kier alpha value is -1.69. The van der Waals surface area contributed by atoms with E-state index in [9.17, 15) is 8.42 Å². The predicted molar refractivity (Wildman–Crippen MR) is 96.3 cm³/mol. The van der Waals surface area contributed by atoms with E-state index in [0.29, 0.717) is 12.0 Å². The summed E-state index contributed by atoms with van der Waals surface area (Å²) < 4.78 is 22.5. The molecular formula is C19H24N2O2S. The molecule has 2 aromatic rings. The fourth-order valence-electron chi connectivity index (χ4n) is 3.46. The minimum atomic E-state index is -3.60. The molecule has 3 N–H and O–H groups in total. The van der Waals surface area contributed by atoms with Crippen molar-refractivity contribution < 1.29 is 8.42 Å². The molecule has 1 aliphatic carbocycles. The maximum Gasteiger partial charge on any atom is 0.238 e. The van der Waals surface area contributed by atoms with E-state index in [4.69, 9.17) is 5.14 Å². The van der Waals surface area contributed by atoms with Gasteiger partial charge in [-0.15, -0.1) is 0 Å². The Morgan fingerprint density at radius 2 is 1.71 bits per heavy atom. The van der Waals surface area contributed by atoms with E-state index in [-0.39, 0.29) is 4.90 Å². The summed E-state index contributed by atoms with van der Waals surface area (Å²) >= 11 is 0. The Balaban J connectivity index is 1.46. The maximum atomic E-state index is 11.2. The van der Waals surface area contributed by atoms with Crippen molar-refractivity contribution in [3.05, 3.63) is 65.7 Å². The molecule has 2 aromatic carbocycles. The van der Waals surface area contributed by atoms with Gasteiger partial charge in [0.05, 0.1) is 4.90 Å². The lowest BCUT2D eigenvalue weighted by atomic mass is 9.98.